The van der Waals surface area contributed by atoms with E-state index in [1.165, 1.54) is 6.07 Å². The summed E-state index contributed by atoms with van der Waals surface area (Å²) < 4.78 is 18.1. The van der Waals surface area contributed by atoms with Gasteiger partial charge in [-0.25, -0.2) is 4.39 Å². The van der Waals surface area contributed by atoms with E-state index < -0.39 is 0 Å². The molecule has 2 nitrogen and oxygen atoms in total. The summed E-state index contributed by atoms with van der Waals surface area (Å²) in [5.41, 5.74) is 2.07. The van der Waals surface area contributed by atoms with Gasteiger partial charge in [0.15, 0.2) is 0 Å². The van der Waals surface area contributed by atoms with Gasteiger partial charge in [0, 0.05) is 6.54 Å². The molecule has 2 aromatic rings. The molecule has 0 aliphatic carbocycles. The molecule has 0 bridgehead atoms. The predicted octanol–water partition coefficient (Wildman–Crippen LogP) is 3.02. The van der Waals surface area contributed by atoms with Crippen LogP contribution in [0.3, 0.4) is 0 Å². The smallest absolute Gasteiger partial charge is 0.123 e. The first kappa shape index (κ1) is 10.9. The van der Waals surface area contributed by atoms with Gasteiger partial charge >= 0.3 is 0 Å². The van der Waals surface area contributed by atoms with E-state index in [1.54, 1.807) is 18.4 Å². The standard InChI is InChI=1S/C13H14FNO/c1-10-7-12(14)5-4-11(10)8-15-9-13-3-2-6-16-13/h2-7,15H,8-9H2,1H3. The van der Waals surface area contributed by atoms with Gasteiger partial charge in [-0.15, -0.1) is 0 Å². The van der Waals surface area contributed by atoms with Gasteiger partial charge in [0.25, 0.3) is 0 Å². The molecule has 3 heteroatoms. The summed E-state index contributed by atoms with van der Waals surface area (Å²) in [6.45, 7) is 3.31. The first-order valence-corrected chi connectivity index (χ1v) is 5.24. The molecule has 0 fully saturated rings. The van der Waals surface area contributed by atoms with Gasteiger partial charge in [0.1, 0.15) is 11.6 Å². The van der Waals surface area contributed by atoms with Crippen LogP contribution in [0.2, 0.25) is 0 Å². The van der Waals surface area contributed by atoms with E-state index in [-0.39, 0.29) is 5.82 Å². The van der Waals surface area contributed by atoms with Crippen molar-refractivity contribution < 1.29 is 8.81 Å². The topological polar surface area (TPSA) is 25.2 Å². The lowest BCUT2D eigenvalue weighted by molar-refractivity contribution is 0.482. The molecule has 0 spiro atoms. The average Bonchev–Trinajstić information content (AvgIpc) is 2.74. The highest BCUT2D eigenvalue weighted by molar-refractivity contribution is 5.26. The van der Waals surface area contributed by atoms with Crippen LogP contribution >= 0.6 is 0 Å². The predicted molar refractivity (Wildman–Crippen MR) is 60.4 cm³/mol. The lowest BCUT2D eigenvalue weighted by Gasteiger charge is -2.06. The monoisotopic (exact) mass is 219 g/mol. The van der Waals surface area contributed by atoms with E-state index in [0.29, 0.717) is 13.1 Å². The largest absolute Gasteiger partial charge is 0.468 e. The zero-order valence-corrected chi connectivity index (χ0v) is 9.16. The van der Waals surface area contributed by atoms with Gasteiger partial charge in [-0.2, -0.15) is 0 Å². The summed E-state index contributed by atoms with van der Waals surface area (Å²) in [5, 5.41) is 3.25. The van der Waals surface area contributed by atoms with Crippen LogP contribution in [-0.2, 0) is 13.1 Å². The molecule has 1 heterocycles. The molecule has 0 saturated carbocycles. The molecule has 1 aromatic heterocycles. The third-order valence-corrected chi connectivity index (χ3v) is 2.50. The number of aryl methyl sites for hydroxylation is 1. The van der Waals surface area contributed by atoms with E-state index in [0.717, 1.165) is 16.9 Å². The van der Waals surface area contributed by atoms with Crippen LogP contribution in [0, 0.1) is 12.7 Å². The number of hydrogen-bond acceptors (Lipinski definition) is 2. The third kappa shape index (κ3) is 2.70. The summed E-state index contributed by atoms with van der Waals surface area (Å²) in [5.74, 6) is 0.715. The summed E-state index contributed by atoms with van der Waals surface area (Å²) in [6.07, 6.45) is 1.65. The first-order valence-electron chi connectivity index (χ1n) is 5.24. The highest BCUT2D eigenvalue weighted by atomic mass is 19.1. The lowest BCUT2D eigenvalue weighted by Crippen LogP contribution is -2.13. The van der Waals surface area contributed by atoms with Gasteiger partial charge in [-0.1, -0.05) is 6.07 Å². The zero-order chi connectivity index (χ0) is 11.4. The van der Waals surface area contributed by atoms with Crippen molar-refractivity contribution in [3.8, 4) is 0 Å². The normalized spacial score (nSPS) is 10.6. The van der Waals surface area contributed by atoms with Gasteiger partial charge in [0.2, 0.25) is 0 Å². The van der Waals surface area contributed by atoms with E-state index in [9.17, 15) is 4.39 Å². The zero-order valence-electron chi connectivity index (χ0n) is 9.16. The Hall–Kier alpha value is -1.61. The molecule has 1 N–H and O–H groups in total. The van der Waals surface area contributed by atoms with Crippen molar-refractivity contribution in [2.45, 2.75) is 20.0 Å². The Morgan fingerprint density at radius 2 is 2.12 bits per heavy atom. The van der Waals surface area contributed by atoms with E-state index in [1.807, 2.05) is 19.1 Å². The average molecular weight is 219 g/mol. The van der Waals surface area contributed by atoms with E-state index in [2.05, 4.69) is 5.32 Å². The molecule has 0 amide bonds. The molecular weight excluding hydrogens is 205 g/mol. The summed E-state index contributed by atoms with van der Waals surface area (Å²) in [4.78, 5) is 0. The minimum absolute atomic E-state index is 0.188. The number of hydrogen-bond donors (Lipinski definition) is 1. The minimum Gasteiger partial charge on any atom is -0.468 e. The highest BCUT2D eigenvalue weighted by Crippen LogP contribution is 2.10. The van der Waals surface area contributed by atoms with Crippen molar-refractivity contribution in [2.24, 2.45) is 0 Å². The van der Waals surface area contributed by atoms with Gasteiger partial charge < -0.3 is 9.73 Å². The van der Waals surface area contributed by atoms with Gasteiger partial charge in [-0.3, -0.25) is 0 Å². The van der Waals surface area contributed by atoms with Crippen LogP contribution < -0.4 is 5.32 Å². The van der Waals surface area contributed by atoms with Gasteiger partial charge in [0.05, 0.1) is 12.8 Å². The highest BCUT2D eigenvalue weighted by Gasteiger charge is 2.00. The second kappa shape index (κ2) is 4.94. The van der Waals surface area contributed by atoms with Crippen molar-refractivity contribution in [1.29, 1.82) is 0 Å². The number of nitrogens with one attached hydrogen (secondary N) is 1. The molecule has 2 rings (SSSR count). The maximum Gasteiger partial charge on any atom is 0.123 e. The van der Waals surface area contributed by atoms with Crippen molar-refractivity contribution >= 4 is 0 Å². The Kier molecular flexibility index (Phi) is 3.37. The van der Waals surface area contributed by atoms with Crippen LogP contribution in [0.5, 0.6) is 0 Å². The van der Waals surface area contributed by atoms with E-state index >= 15 is 0 Å². The van der Waals surface area contributed by atoms with Gasteiger partial charge in [-0.05, 0) is 42.3 Å². The quantitative estimate of drug-likeness (QED) is 0.855. The summed E-state index contributed by atoms with van der Waals surface area (Å²) >= 11 is 0. The molecule has 16 heavy (non-hydrogen) atoms. The van der Waals surface area contributed by atoms with Crippen LogP contribution in [-0.4, -0.2) is 0 Å². The third-order valence-electron chi connectivity index (χ3n) is 2.50. The Morgan fingerprint density at radius 3 is 2.81 bits per heavy atom. The lowest BCUT2D eigenvalue weighted by atomic mass is 10.1. The molecule has 0 aliphatic rings. The Balaban J connectivity index is 1.90. The van der Waals surface area contributed by atoms with Crippen molar-refractivity contribution in [3.63, 3.8) is 0 Å². The molecule has 0 atom stereocenters. The van der Waals surface area contributed by atoms with Crippen LogP contribution in [0.1, 0.15) is 16.9 Å². The maximum atomic E-state index is 12.9. The van der Waals surface area contributed by atoms with Crippen molar-refractivity contribution in [3.05, 3.63) is 59.3 Å². The summed E-state index contributed by atoms with van der Waals surface area (Å²) in [6, 6.07) is 8.62. The first-order chi connectivity index (χ1) is 7.75. The SMILES string of the molecule is Cc1cc(F)ccc1CNCc1ccco1. The van der Waals surface area contributed by atoms with Crippen LogP contribution in [0.15, 0.2) is 41.0 Å². The molecule has 0 radical (unpaired) electrons. The molecule has 0 unspecified atom stereocenters. The Bertz CT molecular complexity index is 451. The van der Waals surface area contributed by atoms with Crippen molar-refractivity contribution in [1.82, 2.24) is 5.32 Å². The second-order valence-corrected chi connectivity index (χ2v) is 3.75. The Morgan fingerprint density at radius 1 is 1.25 bits per heavy atom. The fourth-order valence-electron chi connectivity index (χ4n) is 1.59. The number of rotatable bonds is 4. The fourth-order valence-corrected chi connectivity index (χ4v) is 1.59. The number of benzene rings is 1. The van der Waals surface area contributed by atoms with Crippen LogP contribution in [0.25, 0.3) is 0 Å². The molecule has 0 aliphatic heterocycles. The van der Waals surface area contributed by atoms with Crippen molar-refractivity contribution in [2.75, 3.05) is 0 Å². The van der Waals surface area contributed by atoms with Crippen LogP contribution in [0.4, 0.5) is 4.39 Å². The van der Waals surface area contributed by atoms with E-state index in [4.69, 9.17) is 4.42 Å². The maximum absolute atomic E-state index is 12.9. The molecular formula is C13H14FNO. The number of furan rings is 1. The minimum atomic E-state index is -0.188. The fraction of sp³-hybridized carbons (Fsp3) is 0.231. The number of halogens is 1. The summed E-state index contributed by atoms with van der Waals surface area (Å²) in [7, 11) is 0. The molecule has 84 valence electrons. The Labute approximate surface area is 94.1 Å². The molecule has 1 aromatic carbocycles. The molecule has 0 saturated heterocycles. The second-order valence-electron chi connectivity index (χ2n) is 3.75.